The molecule has 0 atom stereocenters. The first kappa shape index (κ1) is 17.2. The number of nitrogens with one attached hydrogen (secondary N) is 1. The first-order chi connectivity index (χ1) is 10.4. The number of hydrogen-bond acceptors (Lipinski definition) is 5. The Morgan fingerprint density at radius 2 is 2.14 bits per heavy atom. The molecule has 2 rings (SSSR count). The number of thiazole rings is 1. The van der Waals surface area contributed by atoms with E-state index in [4.69, 9.17) is 11.6 Å². The number of rotatable bonds is 7. The molecule has 1 aromatic heterocycles. The second kappa shape index (κ2) is 7.39. The van der Waals surface area contributed by atoms with Crippen LogP contribution in [0.25, 0.3) is 10.2 Å². The van der Waals surface area contributed by atoms with Gasteiger partial charge in [-0.15, -0.1) is 0 Å². The predicted octanol–water partition coefficient (Wildman–Crippen LogP) is 3.49. The summed E-state index contributed by atoms with van der Waals surface area (Å²) in [4.78, 5) is 16.1. The first-order valence-electron chi connectivity index (χ1n) is 6.96. The third kappa shape index (κ3) is 4.93. The number of unbranched alkanes of at least 4 members (excludes halogenated alkanes) is 2. The molecule has 1 heterocycles. The van der Waals surface area contributed by atoms with Crippen LogP contribution in [-0.2, 0) is 14.6 Å². The molecule has 0 saturated carbocycles. The number of fused-ring (bicyclic) bond motifs is 1. The van der Waals surface area contributed by atoms with E-state index in [2.05, 4.69) is 10.3 Å². The summed E-state index contributed by atoms with van der Waals surface area (Å²) in [5.74, 6) is -1.02. The summed E-state index contributed by atoms with van der Waals surface area (Å²) in [6.07, 6.45) is 2.38. The van der Waals surface area contributed by atoms with E-state index >= 15 is 0 Å². The Morgan fingerprint density at radius 1 is 1.36 bits per heavy atom. The third-order valence-corrected chi connectivity index (χ3v) is 5.79. The summed E-state index contributed by atoms with van der Waals surface area (Å²) in [6.45, 7) is 2.00. The summed E-state index contributed by atoms with van der Waals surface area (Å²) in [5, 5.41) is 3.51. The molecule has 22 heavy (non-hydrogen) atoms. The average Bonchev–Trinajstić information content (AvgIpc) is 2.79. The van der Waals surface area contributed by atoms with Gasteiger partial charge in [0.25, 0.3) is 0 Å². The van der Waals surface area contributed by atoms with Crippen LogP contribution < -0.4 is 5.32 Å². The fourth-order valence-corrected chi connectivity index (χ4v) is 4.37. The molecule has 8 heteroatoms. The first-order valence-corrected chi connectivity index (χ1v) is 9.97. The average molecular weight is 361 g/mol. The molecule has 0 fully saturated rings. The SMILES string of the molecule is CCCCCS(=O)(=O)CC(=O)Nc1nc2ccc(Cl)cc2s1. The second-order valence-electron chi connectivity index (χ2n) is 4.98. The van der Waals surface area contributed by atoms with Crippen LogP contribution in [0.1, 0.15) is 26.2 Å². The number of nitrogens with zero attached hydrogens (tertiary/aromatic N) is 1. The van der Waals surface area contributed by atoms with Crippen LogP contribution in [0.4, 0.5) is 5.13 Å². The smallest absolute Gasteiger partial charge is 0.241 e. The maximum Gasteiger partial charge on any atom is 0.241 e. The van der Waals surface area contributed by atoms with Gasteiger partial charge in [-0.2, -0.15) is 0 Å². The summed E-state index contributed by atoms with van der Waals surface area (Å²) < 4.78 is 24.5. The molecule has 0 spiro atoms. The molecule has 0 aliphatic rings. The molecular weight excluding hydrogens is 344 g/mol. The molecule has 1 amide bonds. The lowest BCUT2D eigenvalue weighted by molar-refractivity contribution is -0.113. The number of amides is 1. The Kier molecular flexibility index (Phi) is 5.77. The van der Waals surface area contributed by atoms with Crippen molar-refractivity contribution in [1.82, 2.24) is 4.98 Å². The zero-order valence-electron chi connectivity index (χ0n) is 12.1. The van der Waals surface area contributed by atoms with Crippen LogP contribution in [0.3, 0.4) is 0 Å². The molecule has 0 unspecified atom stereocenters. The van der Waals surface area contributed by atoms with E-state index in [0.717, 1.165) is 23.1 Å². The third-order valence-electron chi connectivity index (χ3n) is 3.01. The fraction of sp³-hybridized carbons (Fsp3) is 0.429. The minimum Gasteiger partial charge on any atom is -0.301 e. The van der Waals surface area contributed by atoms with E-state index in [1.165, 1.54) is 11.3 Å². The van der Waals surface area contributed by atoms with Gasteiger partial charge in [-0.25, -0.2) is 13.4 Å². The number of carbonyl (C=O) groups excluding carboxylic acids is 1. The highest BCUT2D eigenvalue weighted by Crippen LogP contribution is 2.28. The molecule has 120 valence electrons. The molecule has 0 aliphatic heterocycles. The van der Waals surface area contributed by atoms with Gasteiger partial charge in [0, 0.05) is 5.02 Å². The van der Waals surface area contributed by atoms with Gasteiger partial charge in [0.15, 0.2) is 15.0 Å². The molecule has 1 aromatic carbocycles. The van der Waals surface area contributed by atoms with Crippen molar-refractivity contribution in [3.8, 4) is 0 Å². The highest BCUT2D eigenvalue weighted by Gasteiger charge is 2.17. The molecule has 0 aliphatic carbocycles. The predicted molar refractivity (Wildman–Crippen MR) is 91.4 cm³/mol. The summed E-state index contributed by atoms with van der Waals surface area (Å²) in [5.41, 5.74) is 0.718. The lowest BCUT2D eigenvalue weighted by atomic mass is 10.3. The number of sulfone groups is 1. The van der Waals surface area contributed by atoms with Gasteiger partial charge in [-0.05, 0) is 24.6 Å². The van der Waals surface area contributed by atoms with Crippen molar-refractivity contribution >= 4 is 54.0 Å². The number of halogens is 1. The normalized spacial score (nSPS) is 11.7. The van der Waals surface area contributed by atoms with E-state index in [9.17, 15) is 13.2 Å². The number of hydrogen-bond donors (Lipinski definition) is 1. The van der Waals surface area contributed by atoms with Crippen molar-refractivity contribution in [3.05, 3.63) is 23.2 Å². The highest BCUT2D eigenvalue weighted by atomic mass is 35.5. The molecule has 0 bridgehead atoms. The second-order valence-corrected chi connectivity index (χ2v) is 8.63. The van der Waals surface area contributed by atoms with Crippen molar-refractivity contribution in [1.29, 1.82) is 0 Å². The zero-order valence-corrected chi connectivity index (χ0v) is 14.5. The standard InChI is InChI=1S/C14H17ClN2O3S2/c1-2-3-4-7-22(19,20)9-13(18)17-14-16-11-6-5-10(15)8-12(11)21-14/h5-6,8H,2-4,7,9H2,1H3,(H,16,17,18). The van der Waals surface area contributed by atoms with Crippen LogP contribution in [0.15, 0.2) is 18.2 Å². The van der Waals surface area contributed by atoms with Crippen molar-refractivity contribution in [3.63, 3.8) is 0 Å². The van der Waals surface area contributed by atoms with Crippen molar-refractivity contribution in [2.75, 3.05) is 16.8 Å². The van der Waals surface area contributed by atoms with Crippen LogP contribution in [0, 0.1) is 0 Å². The van der Waals surface area contributed by atoms with Gasteiger partial charge in [0.05, 0.1) is 16.0 Å². The molecule has 1 N–H and O–H groups in total. The zero-order chi connectivity index (χ0) is 16.2. The van der Waals surface area contributed by atoms with Crippen LogP contribution in [-0.4, -0.2) is 30.8 Å². The summed E-state index contributed by atoms with van der Waals surface area (Å²) in [7, 11) is -3.37. The van der Waals surface area contributed by atoms with Crippen LogP contribution in [0.2, 0.25) is 5.02 Å². The Bertz CT molecular complexity index is 771. The topological polar surface area (TPSA) is 76.1 Å². The maximum atomic E-state index is 11.9. The van der Waals surface area contributed by atoms with E-state index in [0.29, 0.717) is 16.6 Å². The van der Waals surface area contributed by atoms with E-state index in [1.54, 1.807) is 18.2 Å². The van der Waals surface area contributed by atoms with E-state index < -0.39 is 21.5 Å². The largest absolute Gasteiger partial charge is 0.301 e. The van der Waals surface area contributed by atoms with Gasteiger partial charge < -0.3 is 5.32 Å². The van der Waals surface area contributed by atoms with Crippen LogP contribution >= 0.6 is 22.9 Å². The molecular formula is C14H17ClN2O3S2. The van der Waals surface area contributed by atoms with E-state index in [1.807, 2.05) is 6.92 Å². The summed E-state index contributed by atoms with van der Waals surface area (Å²) >= 11 is 7.16. The van der Waals surface area contributed by atoms with Crippen molar-refractivity contribution in [2.45, 2.75) is 26.2 Å². The maximum absolute atomic E-state index is 11.9. The Labute approximate surface area is 138 Å². The quantitative estimate of drug-likeness (QED) is 0.767. The molecule has 2 aromatic rings. The lowest BCUT2D eigenvalue weighted by Gasteiger charge is -2.03. The minimum atomic E-state index is -3.37. The minimum absolute atomic E-state index is 0.0453. The fourth-order valence-electron chi connectivity index (χ4n) is 1.95. The monoisotopic (exact) mass is 360 g/mol. The molecule has 0 radical (unpaired) electrons. The van der Waals surface area contributed by atoms with Gasteiger partial charge in [0.2, 0.25) is 5.91 Å². The van der Waals surface area contributed by atoms with Gasteiger partial charge in [-0.1, -0.05) is 42.7 Å². The number of carbonyl (C=O) groups is 1. The number of aromatic nitrogens is 1. The van der Waals surface area contributed by atoms with Gasteiger partial charge in [0.1, 0.15) is 5.75 Å². The number of anilines is 1. The Hall–Kier alpha value is -1.18. The summed E-state index contributed by atoms with van der Waals surface area (Å²) in [6, 6.07) is 5.23. The van der Waals surface area contributed by atoms with Gasteiger partial charge in [-0.3, -0.25) is 4.79 Å². The molecule has 5 nitrogen and oxygen atoms in total. The van der Waals surface area contributed by atoms with Crippen LogP contribution in [0.5, 0.6) is 0 Å². The number of benzene rings is 1. The Morgan fingerprint density at radius 3 is 2.86 bits per heavy atom. The van der Waals surface area contributed by atoms with Gasteiger partial charge >= 0.3 is 0 Å². The molecule has 0 saturated heterocycles. The Balaban J connectivity index is 1.98. The highest BCUT2D eigenvalue weighted by molar-refractivity contribution is 7.92. The van der Waals surface area contributed by atoms with Crippen molar-refractivity contribution in [2.24, 2.45) is 0 Å². The van der Waals surface area contributed by atoms with E-state index in [-0.39, 0.29) is 5.75 Å². The lowest BCUT2D eigenvalue weighted by Crippen LogP contribution is -2.24. The van der Waals surface area contributed by atoms with Crippen molar-refractivity contribution < 1.29 is 13.2 Å².